The molecule has 5 heteroatoms. The maximum Gasteiger partial charge on any atom is 0.113 e. The van der Waals surface area contributed by atoms with Crippen molar-refractivity contribution in [2.75, 3.05) is 0 Å². The van der Waals surface area contributed by atoms with Crippen LogP contribution in [0.5, 0.6) is 0 Å². The van der Waals surface area contributed by atoms with Gasteiger partial charge in [-0.3, -0.25) is 4.98 Å². The number of fused-ring (bicyclic) bond motifs is 1. The minimum Gasteiger partial charge on any atom is -0.387 e. The first-order valence-electron chi connectivity index (χ1n) is 6.27. The van der Waals surface area contributed by atoms with Gasteiger partial charge in [0.05, 0.1) is 21.7 Å². The third-order valence-electron chi connectivity index (χ3n) is 3.21. The monoisotopic (exact) mass is 291 g/mol. The second kappa shape index (κ2) is 6.12. The smallest absolute Gasteiger partial charge is 0.113 e. The number of aromatic nitrogens is 1. The van der Waals surface area contributed by atoms with E-state index in [0.717, 1.165) is 10.9 Å². The molecule has 0 unspecified atom stereocenters. The van der Waals surface area contributed by atoms with Crippen LogP contribution in [-0.2, 0) is 0 Å². The summed E-state index contributed by atoms with van der Waals surface area (Å²) in [6.45, 7) is 6.31. The van der Waals surface area contributed by atoms with Crippen molar-refractivity contribution in [3.05, 3.63) is 35.5 Å². The lowest BCUT2D eigenvalue weighted by molar-refractivity contribution is -0.107. The zero-order valence-corrected chi connectivity index (χ0v) is 12.9. The van der Waals surface area contributed by atoms with Gasteiger partial charge in [0.1, 0.15) is 7.85 Å². The summed E-state index contributed by atoms with van der Waals surface area (Å²) in [4.78, 5) is 4.14. The summed E-state index contributed by atoms with van der Waals surface area (Å²) in [5.41, 5.74) is -0.436. The Morgan fingerprint density at radius 1 is 1.05 bits per heavy atom. The second-order valence-corrected chi connectivity index (χ2v) is 6.09. The molecule has 2 rings (SSSR count). The molecule has 106 valence electrons. The average Bonchev–Trinajstić information content (AvgIpc) is 2.28. The highest BCUT2D eigenvalue weighted by atomic mass is 35.5. The fourth-order valence-electron chi connectivity index (χ4n) is 1.13. The molecular weight excluding hydrogens is 272 g/mol. The van der Waals surface area contributed by atoms with Crippen molar-refractivity contribution >= 4 is 35.8 Å². The van der Waals surface area contributed by atoms with Crippen LogP contribution < -0.4 is 5.46 Å². The molecule has 0 atom stereocenters. The standard InChI is InChI=1S/C9H5BClN.C6H14O2/c10-6-1-2-9-7(5-6)8(11)3-4-12-9;1-5(2,7)6(3,4)8/h1-5H;7-8H,1-4H3. The molecule has 0 spiro atoms. The van der Waals surface area contributed by atoms with E-state index in [4.69, 9.17) is 29.7 Å². The van der Waals surface area contributed by atoms with E-state index in [-0.39, 0.29) is 0 Å². The molecule has 2 radical (unpaired) electrons. The maximum absolute atomic E-state index is 9.10. The van der Waals surface area contributed by atoms with Crippen LogP contribution in [0.3, 0.4) is 0 Å². The topological polar surface area (TPSA) is 53.4 Å². The Bertz CT molecular complexity index is 576. The molecule has 0 saturated heterocycles. The average molecular weight is 292 g/mol. The molecule has 1 heterocycles. The molecule has 2 aromatic rings. The SMILES string of the molecule is CC(C)(O)C(C)(C)O.[B]c1ccc2nccc(Cl)c2c1. The molecule has 0 amide bonds. The van der Waals surface area contributed by atoms with E-state index < -0.39 is 11.2 Å². The Balaban J connectivity index is 0.000000221. The molecule has 0 bridgehead atoms. The first-order valence-corrected chi connectivity index (χ1v) is 6.64. The number of benzene rings is 1. The van der Waals surface area contributed by atoms with Gasteiger partial charge in [-0.2, -0.15) is 0 Å². The van der Waals surface area contributed by atoms with E-state index in [9.17, 15) is 0 Å². The third-order valence-corrected chi connectivity index (χ3v) is 3.54. The van der Waals surface area contributed by atoms with Crippen LogP contribution in [0.25, 0.3) is 10.9 Å². The van der Waals surface area contributed by atoms with Gasteiger partial charge in [-0.05, 0) is 39.8 Å². The molecule has 20 heavy (non-hydrogen) atoms. The van der Waals surface area contributed by atoms with Gasteiger partial charge in [0.15, 0.2) is 0 Å². The summed E-state index contributed by atoms with van der Waals surface area (Å²) >= 11 is 5.93. The number of halogens is 1. The predicted molar refractivity (Wildman–Crippen MR) is 84.7 cm³/mol. The lowest BCUT2D eigenvalue weighted by Crippen LogP contribution is -2.44. The number of nitrogens with zero attached hydrogens (tertiary/aromatic N) is 1. The fraction of sp³-hybridized carbons (Fsp3) is 0.400. The lowest BCUT2D eigenvalue weighted by Gasteiger charge is -2.31. The second-order valence-electron chi connectivity index (χ2n) is 5.69. The largest absolute Gasteiger partial charge is 0.387 e. The van der Waals surface area contributed by atoms with E-state index in [1.165, 1.54) is 0 Å². The Hall–Kier alpha value is -1.10. The molecule has 0 aliphatic rings. The summed E-state index contributed by atoms with van der Waals surface area (Å²) in [7, 11) is 5.61. The minimum absolute atomic E-state index is 0.687. The number of hydrogen-bond acceptors (Lipinski definition) is 3. The Labute approximate surface area is 126 Å². The highest BCUT2D eigenvalue weighted by Gasteiger charge is 2.31. The van der Waals surface area contributed by atoms with Crippen molar-refractivity contribution in [3.63, 3.8) is 0 Å². The van der Waals surface area contributed by atoms with Crippen molar-refractivity contribution < 1.29 is 10.2 Å². The summed E-state index contributed by atoms with van der Waals surface area (Å²) in [5.74, 6) is 0. The highest BCUT2D eigenvalue weighted by molar-refractivity contribution is 6.37. The van der Waals surface area contributed by atoms with Crippen LogP contribution in [0.1, 0.15) is 27.7 Å². The number of hydrogen-bond donors (Lipinski definition) is 2. The van der Waals surface area contributed by atoms with Gasteiger partial charge in [0.2, 0.25) is 0 Å². The molecule has 0 saturated carbocycles. The molecule has 0 fully saturated rings. The summed E-state index contributed by atoms with van der Waals surface area (Å²) in [5, 5.41) is 19.8. The van der Waals surface area contributed by atoms with Gasteiger partial charge in [-0.15, -0.1) is 0 Å². The number of pyridine rings is 1. The van der Waals surface area contributed by atoms with E-state index in [0.29, 0.717) is 10.5 Å². The van der Waals surface area contributed by atoms with Crippen LogP contribution in [0.2, 0.25) is 5.02 Å². The number of aliphatic hydroxyl groups is 2. The summed E-state index contributed by atoms with van der Waals surface area (Å²) < 4.78 is 0. The first-order chi connectivity index (χ1) is 9.02. The van der Waals surface area contributed by atoms with E-state index >= 15 is 0 Å². The van der Waals surface area contributed by atoms with E-state index in [2.05, 4.69) is 4.98 Å². The van der Waals surface area contributed by atoms with Gasteiger partial charge < -0.3 is 10.2 Å². The van der Waals surface area contributed by atoms with Crippen molar-refractivity contribution in [3.8, 4) is 0 Å². The zero-order valence-electron chi connectivity index (χ0n) is 12.2. The van der Waals surface area contributed by atoms with Crippen LogP contribution in [0.15, 0.2) is 30.5 Å². The van der Waals surface area contributed by atoms with Crippen molar-refractivity contribution in [2.24, 2.45) is 0 Å². The normalized spacial score (nSPS) is 11.9. The molecular formula is C15H19BClNO2. The molecule has 0 aliphatic heterocycles. The Morgan fingerprint density at radius 3 is 2.10 bits per heavy atom. The Kier molecular flexibility index (Phi) is 5.19. The van der Waals surface area contributed by atoms with Gasteiger partial charge in [0, 0.05) is 11.6 Å². The predicted octanol–water partition coefficient (Wildman–Crippen LogP) is 2.21. The van der Waals surface area contributed by atoms with Crippen LogP contribution in [0.4, 0.5) is 0 Å². The summed E-state index contributed by atoms with van der Waals surface area (Å²) in [6, 6.07) is 7.25. The minimum atomic E-state index is -1.01. The van der Waals surface area contributed by atoms with Crippen molar-refractivity contribution in [1.29, 1.82) is 0 Å². The molecule has 0 aliphatic carbocycles. The first kappa shape index (κ1) is 17.0. The van der Waals surface area contributed by atoms with Gasteiger partial charge in [-0.1, -0.05) is 29.2 Å². The van der Waals surface area contributed by atoms with Crippen LogP contribution in [0, 0.1) is 0 Å². The van der Waals surface area contributed by atoms with E-state index in [1.807, 2.05) is 18.2 Å². The van der Waals surface area contributed by atoms with Gasteiger partial charge in [-0.25, -0.2) is 0 Å². The molecule has 2 N–H and O–H groups in total. The lowest BCUT2D eigenvalue weighted by atomic mass is 9.90. The fourth-order valence-corrected chi connectivity index (χ4v) is 1.34. The molecule has 1 aromatic carbocycles. The third kappa shape index (κ3) is 4.48. The number of rotatable bonds is 1. The van der Waals surface area contributed by atoms with Gasteiger partial charge >= 0.3 is 0 Å². The zero-order chi connectivity index (χ0) is 15.6. The maximum atomic E-state index is 9.10. The van der Waals surface area contributed by atoms with Crippen LogP contribution >= 0.6 is 11.6 Å². The Morgan fingerprint density at radius 2 is 1.60 bits per heavy atom. The molecule has 1 aromatic heterocycles. The molecule has 3 nitrogen and oxygen atoms in total. The highest BCUT2D eigenvalue weighted by Crippen LogP contribution is 2.19. The van der Waals surface area contributed by atoms with E-state index in [1.54, 1.807) is 40.0 Å². The van der Waals surface area contributed by atoms with Crippen molar-refractivity contribution in [2.45, 2.75) is 38.9 Å². The van der Waals surface area contributed by atoms with Crippen LogP contribution in [-0.4, -0.2) is 34.2 Å². The van der Waals surface area contributed by atoms with Gasteiger partial charge in [0.25, 0.3) is 0 Å². The van der Waals surface area contributed by atoms with Crippen molar-refractivity contribution in [1.82, 2.24) is 4.98 Å². The quantitative estimate of drug-likeness (QED) is 0.792. The summed E-state index contributed by atoms with van der Waals surface area (Å²) in [6.07, 6.45) is 1.68.